The molecule has 0 aliphatic carbocycles. The highest BCUT2D eigenvalue weighted by atomic mass is 32.1. The monoisotopic (exact) mass is 263 g/mol. The van der Waals surface area contributed by atoms with E-state index in [1.807, 2.05) is 6.92 Å². The molecule has 94 valence electrons. The van der Waals surface area contributed by atoms with Crippen LogP contribution in [0, 0.1) is 6.92 Å². The number of aromatic nitrogens is 1. The number of nitrogen functional groups attached to an aromatic ring is 1. The van der Waals surface area contributed by atoms with Gasteiger partial charge in [0.05, 0.1) is 23.4 Å². The summed E-state index contributed by atoms with van der Waals surface area (Å²) >= 11 is 1.50. The summed E-state index contributed by atoms with van der Waals surface area (Å²) in [6, 6.07) is 4.43. The number of benzene rings is 1. The largest absolute Gasteiger partial charge is 0.506 e. The molecule has 1 heterocycles. The Hall–Kier alpha value is -2.08. The van der Waals surface area contributed by atoms with Crippen molar-refractivity contribution in [1.82, 2.24) is 10.3 Å². The van der Waals surface area contributed by atoms with E-state index in [2.05, 4.69) is 10.3 Å². The maximum absolute atomic E-state index is 11.8. The van der Waals surface area contributed by atoms with Crippen LogP contribution in [0.2, 0.25) is 0 Å². The average molecular weight is 263 g/mol. The summed E-state index contributed by atoms with van der Waals surface area (Å²) in [6.45, 7) is 2.33. The van der Waals surface area contributed by atoms with Gasteiger partial charge in [-0.25, -0.2) is 4.98 Å². The van der Waals surface area contributed by atoms with E-state index in [0.29, 0.717) is 12.1 Å². The van der Waals surface area contributed by atoms with Gasteiger partial charge >= 0.3 is 0 Å². The van der Waals surface area contributed by atoms with Crippen molar-refractivity contribution >= 4 is 22.9 Å². The maximum Gasteiger partial charge on any atom is 0.251 e. The van der Waals surface area contributed by atoms with Crippen molar-refractivity contribution in [1.29, 1.82) is 0 Å². The van der Waals surface area contributed by atoms with Gasteiger partial charge in [0, 0.05) is 10.4 Å². The van der Waals surface area contributed by atoms with Crippen LogP contribution in [0.15, 0.2) is 23.7 Å². The predicted molar refractivity (Wildman–Crippen MR) is 70.5 cm³/mol. The van der Waals surface area contributed by atoms with E-state index in [9.17, 15) is 9.90 Å². The Balaban J connectivity index is 2.04. The van der Waals surface area contributed by atoms with Crippen molar-refractivity contribution in [2.24, 2.45) is 0 Å². The Kier molecular flexibility index (Phi) is 3.47. The van der Waals surface area contributed by atoms with Crippen LogP contribution in [0.25, 0.3) is 0 Å². The van der Waals surface area contributed by atoms with Gasteiger partial charge in [-0.15, -0.1) is 11.3 Å². The van der Waals surface area contributed by atoms with E-state index in [1.54, 1.807) is 11.6 Å². The van der Waals surface area contributed by atoms with E-state index in [4.69, 9.17) is 5.73 Å². The molecule has 4 N–H and O–H groups in total. The lowest BCUT2D eigenvalue weighted by atomic mass is 10.2. The molecule has 0 radical (unpaired) electrons. The molecule has 2 rings (SSSR count). The van der Waals surface area contributed by atoms with E-state index in [-0.39, 0.29) is 17.3 Å². The molecule has 0 fully saturated rings. The fraction of sp³-hybridized carbons (Fsp3) is 0.167. The minimum atomic E-state index is -0.252. The van der Waals surface area contributed by atoms with E-state index >= 15 is 0 Å². The first kappa shape index (κ1) is 12.4. The van der Waals surface area contributed by atoms with Gasteiger partial charge in [-0.05, 0) is 25.1 Å². The predicted octanol–water partition coefficient (Wildman–Crippen LogP) is 1.67. The van der Waals surface area contributed by atoms with Crippen molar-refractivity contribution in [2.45, 2.75) is 13.5 Å². The van der Waals surface area contributed by atoms with Crippen LogP contribution in [0.3, 0.4) is 0 Å². The summed E-state index contributed by atoms with van der Waals surface area (Å²) in [5, 5.41) is 12.2. The van der Waals surface area contributed by atoms with Gasteiger partial charge in [-0.1, -0.05) is 0 Å². The molecule has 0 aliphatic heterocycles. The smallest absolute Gasteiger partial charge is 0.251 e. The van der Waals surface area contributed by atoms with Crippen molar-refractivity contribution in [3.8, 4) is 5.75 Å². The number of phenolic OH excluding ortho intramolecular Hbond substituents is 1. The maximum atomic E-state index is 11.8. The van der Waals surface area contributed by atoms with Gasteiger partial charge in [0.25, 0.3) is 5.91 Å². The second-order valence-electron chi connectivity index (χ2n) is 3.82. The minimum Gasteiger partial charge on any atom is -0.506 e. The number of hydrogen-bond acceptors (Lipinski definition) is 5. The van der Waals surface area contributed by atoms with Gasteiger partial charge < -0.3 is 16.2 Å². The Morgan fingerprint density at radius 3 is 2.94 bits per heavy atom. The molecule has 0 bridgehead atoms. The first-order valence-corrected chi connectivity index (χ1v) is 6.21. The summed E-state index contributed by atoms with van der Waals surface area (Å²) in [4.78, 5) is 17.0. The first-order valence-electron chi connectivity index (χ1n) is 5.33. The highest BCUT2D eigenvalue weighted by Crippen LogP contribution is 2.20. The number of carbonyl (C=O) groups excluding carboxylic acids is 1. The molecule has 1 amide bonds. The van der Waals surface area contributed by atoms with Crippen LogP contribution >= 0.6 is 11.3 Å². The van der Waals surface area contributed by atoms with Gasteiger partial charge in [-0.2, -0.15) is 0 Å². The van der Waals surface area contributed by atoms with E-state index in [0.717, 1.165) is 10.6 Å². The number of amides is 1. The zero-order chi connectivity index (χ0) is 13.1. The van der Waals surface area contributed by atoms with Crippen molar-refractivity contribution in [3.05, 3.63) is 39.8 Å². The lowest BCUT2D eigenvalue weighted by molar-refractivity contribution is 0.0951. The lowest BCUT2D eigenvalue weighted by Gasteiger charge is -2.05. The number of hydrogen-bond donors (Lipinski definition) is 3. The zero-order valence-electron chi connectivity index (χ0n) is 9.80. The topological polar surface area (TPSA) is 88.2 Å². The average Bonchev–Trinajstić information content (AvgIpc) is 2.75. The van der Waals surface area contributed by atoms with Crippen LogP contribution in [-0.2, 0) is 6.54 Å². The number of phenols is 1. The van der Waals surface area contributed by atoms with Crippen LogP contribution in [-0.4, -0.2) is 16.0 Å². The van der Waals surface area contributed by atoms with Crippen molar-refractivity contribution < 1.29 is 9.90 Å². The van der Waals surface area contributed by atoms with Gasteiger partial charge in [-0.3, -0.25) is 4.79 Å². The van der Waals surface area contributed by atoms with Crippen molar-refractivity contribution in [2.75, 3.05) is 5.73 Å². The normalized spacial score (nSPS) is 10.3. The summed E-state index contributed by atoms with van der Waals surface area (Å²) in [5.74, 6) is -0.338. The van der Waals surface area contributed by atoms with Gasteiger partial charge in [0.2, 0.25) is 0 Å². The van der Waals surface area contributed by atoms with Crippen LogP contribution in [0.4, 0.5) is 5.69 Å². The molecular weight excluding hydrogens is 250 g/mol. The van der Waals surface area contributed by atoms with E-state index < -0.39 is 0 Å². The molecular formula is C12H13N3O2S. The van der Waals surface area contributed by atoms with Crippen molar-refractivity contribution in [3.63, 3.8) is 0 Å². The minimum absolute atomic E-state index is 0.0865. The number of rotatable bonds is 3. The highest BCUT2D eigenvalue weighted by Gasteiger charge is 2.09. The van der Waals surface area contributed by atoms with Gasteiger partial charge in [0.1, 0.15) is 5.75 Å². The Bertz CT molecular complexity index is 580. The third-order valence-electron chi connectivity index (χ3n) is 2.55. The van der Waals surface area contributed by atoms with Crippen LogP contribution < -0.4 is 11.1 Å². The molecule has 2 aromatic rings. The second-order valence-corrected chi connectivity index (χ2v) is 4.76. The second kappa shape index (κ2) is 5.05. The molecule has 0 atom stereocenters. The Morgan fingerprint density at radius 2 is 2.33 bits per heavy atom. The zero-order valence-corrected chi connectivity index (χ0v) is 10.6. The third kappa shape index (κ3) is 2.60. The lowest BCUT2D eigenvalue weighted by Crippen LogP contribution is -2.22. The molecule has 0 spiro atoms. The highest BCUT2D eigenvalue weighted by molar-refractivity contribution is 7.09. The number of aromatic hydroxyl groups is 1. The van der Waals surface area contributed by atoms with Crippen LogP contribution in [0.5, 0.6) is 5.75 Å². The fourth-order valence-corrected chi connectivity index (χ4v) is 2.16. The number of anilines is 1. The fourth-order valence-electron chi connectivity index (χ4n) is 1.44. The number of nitrogens with two attached hydrogens (primary N) is 1. The number of nitrogens with one attached hydrogen (secondary N) is 1. The summed E-state index contributed by atoms with van der Waals surface area (Å²) in [6.07, 6.45) is 0. The standard InChI is InChI=1S/C12H13N3O2S/c1-7-11(18-6-15-7)5-14-12(17)8-2-3-9(13)10(16)4-8/h2-4,6,16H,5,13H2,1H3,(H,14,17). The molecule has 0 saturated carbocycles. The van der Waals surface area contributed by atoms with E-state index in [1.165, 1.54) is 23.5 Å². The number of aryl methyl sites for hydroxylation is 1. The first-order chi connectivity index (χ1) is 8.58. The van der Waals surface area contributed by atoms with Gasteiger partial charge in [0.15, 0.2) is 0 Å². The Morgan fingerprint density at radius 1 is 1.56 bits per heavy atom. The quantitative estimate of drug-likeness (QED) is 0.580. The molecule has 5 nitrogen and oxygen atoms in total. The number of thiazole rings is 1. The molecule has 0 saturated heterocycles. The third-order valence-corrected chi connectivity index (χ3v) is 3.48. The molecule has 0 unspecified atom stereocenters. The van der Waals surface area contributed by atoms with Crippen LogP contribution in [0.1, 0.15) is 20.9 Å². The molecule has 6 heteroatoms. The number of nitrogens with zero attached hydrogens (tertiary/aromatic N) is 1. The molecule has 1 aromatic heterocycles. The number of carbonyl (C=O) groups is 1. The Labute approximate surface area is 108 Å². The SMILES string of the molecule is Cc1ncsc1CNC(=O)c1ccc(N)c(O)c1. The molecule has 1 aromatic carbocycles. The summed E-state index contributed by atoms with van der Waals surface area (Å²) in [7, 11) is 0. The molecule has 18 heavy (non-hydrogen) atoms. The molecule has 0 aliphatic rings. The summed E-state index contributed by atoms with van der Waals surface area (Å²) < 4.78 is 0. The summed E-state index contributed by atoms with van der Waals surface area (Å²) in [5.41, 5.74) is 8.76.